The van der Waals surface area contributed by atoms with E-state index in [0.29, 0.717) is 0 Å². The zero-order chi connectivity index (χ0) is 15.9. The molecular formula is C17H20O5. The van der Waals surface area contributed by atoms with Crippen LogP contribution in [-0.2, 0) is 25.5 Å². The maximum atomic E-state index is 12.3. The summed E-state index contributed by atoms with van der Waals surface area (Å²) >= 11 is 0. The third-order valence-corrected chi connectivity index (χ3v) is 4.99. The molecule has 1 aromatic carbocycles. The summed E-state index contributed by atoms with van der Waals surface area (Å²) in [5.41, 5.74) is 2.93. The van der Waals surface area contributed by atoms with Gasteiger partial charge in [0.15, 0.2) is 0 Å². The molecule has 2 aliphatic rings. The van der Waals surface area contributed by atoms with Crippen LogP contribution in [0.2, 0.25) is 0 Å². The van der Waals surface area contributed by atoms with Crippen LogP contribution in [-0.4, -0.2) is 31.3 Å². The maximum Gasteiger partial charge on any atom is 0.312 e. The Labute approximate surface area is 129 Å². The standard InChI is InChI=1S/C17H20O5/c1-21-16(19)13-10-7-3-5-9-6-4-8-11(12(9)10)15(18)14(13)17(20)22-2/h4,6,8,10,13-15,18H,3,5,7H2,1-2H3/t10-,13+,14-,15+/m0/s1. The van der Waals surface area contributed by atoms with Crippen LogP contribution in [0.5, 0.6) is 0 Å². The summed E-state index contributed by atoms with van der Waals surface area (Å²) in [6.07, 6.45) is 1.66. The molecule has 3 rings (SSSR count). The molecule has 0 saturated carbocycles. The smallest absolute Gasteiger partial charge is 0.312 e. The highest BCUT2D eigenvalue weighted by atomic mass is 16.5. The third-order valence-electron chi connectivity index (χ3n) is 4.99. The first-order valence-electron chi connectivity index (χ1n) is 7.55. The lowest BCUT2D eigenvalue weighted by molar-refractivity contribution is -0.165. The SMILES string of the molecule is COC(=O)[C@H]1[C@H](C(=O)OC)[C@H]2CCCc3cccc(c32)[C@H]1O. The average Bonchev–Trinajstić information content (AvgIpc) is 2.56. The van der Waals surface area contributed by atoms with E-state index < -0.39 is 29.9 Å². The topological polar surface area (TPSA) is 72.8 Å². The summed E-state index contributed by atoms with van der Waals surface area (Å²) in [7, 11) is 2.59. The Hall–Kier alpha value is -1.88. The van der Waals surface area contributed by atoms with Crippen molar-refractivity contribution < 1.29 is 24.2 Å². The van der Waals surface area contributed by atoms with Crippen LogP contribution in [0.25, 0.3) is 0 Å². The second kappa shape index (κ2) is 5.72. The van der Waals surface area contributed by atoms with Gasteiger partial charge in [0.2, 0.25) is 0 Å². The van der Waals surface area contributed by atoms with Crippen LogP contribution in [0.1, 0.15) is 41.6 Å². The van der Waals surface area contributed by atoms with Gasteiger partial charge in [-0.05, 0) is 41.9 Å². The number of carbonyl (C=O) groups is 2. The summed E-state index contributed by atoms with van der Waals surface area (Å²) in [6.45, 7) is 0. The summed E-state index contributed by atoms with van der Waals surface area (Å²) in [5, 5.41) is 10.7. The van der Waals surface area contributed by atoms with Crippen molar-refractivity contribution in [3.8, 4) is 0 Å². The molecule has 0 heterocycles. The molecule has 0 fully saturated rings. The second-order valence-corrected chi connectivity index (χ2v) is 5.96. The van der Waals surface area contributed by atoms with Gasteiger partial charge in [-0.3, -0.25) is 9.59 Å². The first-order chi connectivity index (χ1) is 10.6. The highest BCUT2D eigenvalue weighted by molar-refractivity contribution is 5.84. The molecule has 118 valence electrons. The fourth-order valence-corrected chi connectivity index (χ4v) is 4.08. The molecule has 0 amide bonds. The summed E-state index contributed by atoms with van der Waals surface area (Å²) < 4.78 is 9.75. The summed E-state index contributed by atoms with van der Waals surface area (Å²) in [6, 6.07) is 5.77. The molecule has 0 aromatic heterocycles. The Morgan fingerprint density at radius 2 is 1.82 bits per heavy atom. The molecule has 5 nitrogen and oxygen atoms in total. The molecule has 2 aliphatic carbocycles. The number of hydrogen-bond acceptors (Lipinski definition) is 5. The van der Waals surface area contributed by atoms with E-state index in [9.17, 15) is 14.7 Å². The quantitative estimate of drug-likeness (QED) is 0.842. The van der Waals surface area contributed by atoms with Gasteiger partial charge >= 0.3 is 11.9 Å². The molecule has 22 heavy (non-hydrogen) atoms. The van der Waals surface area contributed by atoms with Gasteiger partial charge in [-0.1, -0.05) is 18.2 Å². The molecule has 0 radical (unpaired) electrons. The van der Waals surface area contributed by atoms with Crippen molar-refractivity contribution in [3.63, 3.8) is 0 Å². The number of esters is 2. The molecule has 0 aliphatic heterocycles. The maximum absolute atomic E-state index is 12.3. The molecular weight excluding hydrogens is 284 g/mol. The van der Waals surface area contributed by atoms with Crippen molar-refractivity contribution in [3.05, 3.63) is 34.9 Å². The lowest BCUT2D eigenvalue weighted by Gasteiger charge is -2.42. The van der Waals surface area contributed by atoms with Gasteiger partial charge in [0.05, 0.1) is 26.2 Å². The minimum Gasteiger partial charge on any atom is -0.469 e. The van der Waals surface area contributed by atoms with E-state index in [1.54, 1.807) is 0 Å². The van der Waals surface area contributed by atoms with E-state index in [0.717, 1.165) is 36.0 Å². The summed E-state index contributed by atoms with van der Waals surface area (Å²) in [5.74, 6) is -2.73. The zero-order valence-corrected chi connectivity index (χ0v) is 12.7. The predicted octanol–water partition coefficient (Wildman–Crippen LogP) is 1.73. The first-order valence-corrected chi connectivity index (χ1v) is 7.55. The van der Waals surface area contributed by atoms with Crippen molar-refractivity contribution in [1.29, 1.82) is 0 Å². The van der Waals surface area contributed by atoms with Gasteiger partial charge in [-0.2, -0.15) is 0 Å². The van der Waals surface area contributed by atoms with Gasteiger partial charge in [-0.25, -0.2) is 0 Å². The van der Waals surface area contributed by atoms with E-state index in [2.05, 4.69) is 0 Å². The fraction of sp³-hybridized carbons (Fsp3) is 0.529. The Bertz CT molecular complexity index is 609. The van der Waals surface area contributed by atoms with Gasteiger partial charge < -0.3 is 14.6 Å². The molecule has 5 heteroatoms. The van der Waals surface area contributed by atoms with Gasteiger partial charge in [-0.15, -0.1) is 0 Å². The van der Waals surface area contributed by atoms with Crippen LogP contribution in [0.15, 0.2) is 18.2 Å². The number of aliphatic hydroxyl groups excluding tert-OH is 1. The average molecular weight is 304 g/mol. The minimum absolute atomic E-state index is 0.0973. The van der Waals surface area contributed by atoms with Crippen LogP contribution in [0, 0.1) is 11.8 Å². The molecule has 1 N–H and O–H groups in total. The van der Waals surface area contributed by atoms with Gasteiger partial charge in [0.25, 0.3) is 0 Å². The van der Waals surface area contributed by atoms with Crippen LogP contribution in [0.4, 0.5) is 0 Å². The molecule has 0 spiro atoms. The Balaban J connectivity index is 2.17. The van der Waals surface area contributed by atoms with Crippen molar-refractivity contribution >= 4 is 11.9 Å². The normalized spacial score (nSPS) is 29.4. The number of aliphatic hydroxyl groups is 1. The van der Waals surface area contributed by atoms with Crippen molar-refractivity contribution in [2.45, 2.75) is 31.3 Å². The highest BCUT2D eigenvalue weighted by Crippen LogP contribution is 2.51. The number of hydrogen-bond donors (Lipinski definition) is 1. The molecule has 0 unspecified atom stereocenters. The minimum atomic E-state index is -1.04. The Morgan fingerprint density at radius 3 is 2.50 bits per heavy atom. The predicted molar refractivity (Wildman–Crippen MR) is 78.1 cm³/mol. The highest BCUT2D eigenvalue weighted by Gasteiger charge is 2.51. The lowest BCUT2D eigenvalue weighted by atomic mass is 9.62. The monoisotopic (exact) mass is 304 g/mol. The second-order valence-electron chi connectivity index (χ2n) is 5.96. The Kier molecular flexibility index (Phi) is 3.91. The first kappa shape index (κ1) is 15.0. The number of aryl methyl sites for hydroxylation is 1. The molecule has 0 bridgehead atoms. The fourth-order valence-electron chi connectivity index (χ4n) is 4.08. The van der Waals surface area contributed by atoms with E-state index >= 15 is 0 Å². The van der Waals surface area contributed by atoms with Crippen LogP contribution >= 0.6 is 0 Å². The number of ether oxygens (including phenoxy) is 2. The van der Waals surface area contributed by atoms with E-state index in [1.165, 1.54) is 14.2 Å². The van der Waals surface area contributed by atoms with Crippen molar-refractivity contribution in [2.24, 2.45) is 11.8 Å². The number of carbonyl (C=O) groups excluding carboxylic acids is 2. The van der Waals surface area contributed by atoms with E-state index in [4.69, 9.17) is 9.47 Å². The number of benzene rings is 1. The molecule has 1 aromatic rings. The third kappa shape index (κ3) is 2.11. The largest absolute Gasteiger partial charge is 0.469 e. The van der Waals surface area contributed by atoms with Crippen molar-refractivity contribution in [1.82, 2.24) is 0 Å². The lowest BCUT2D eigenvalue weighted by Crippen LogP contribution is -2.44. The van der Waals surface area contributed by atoms with Crippen molar-refractivity contribution in [2.75, 3.05) is 14.2 Å². The van der Waals surface area contributed by atoms with Crippen LogP contribution in [0.3, 0.4) is 0 Å². The zero-order valence-electron chi connectivity index (χ0n) is 12.7. The van der Waals surface area contributed by atoms with Crippen LogP contribution < -0.4 is 0 Å². The summed E-state index contributed by atoms with van der Waals surface area (Å²) in [4.78, 5) is 24.5. The number of rotatable bonds is 2. The number of methoxy groups -OCH3 is 2. The molecule has 4 atom stereocenters. The van der Waals surface area contributed by atoms with Gasteiger partial charge in [0, 0.05) is 0 Å². The Morgan fingerprint density at radius 1 is 1.14 bits per heavy atom. The van der Waals surface area contributed by atoms with E-state index in [1.807, 2.05) is 18.2 Å². The van der Waals surface area contributed by atoms with E-state index in [-0.39, 0.29) is 5.92 Å². The molecule has 0 saturated heterocycles. The van der Waals surface area contributed by atoms with Gasteiger partial charge in [0.1, 0.15) is 5.92 Å².